The minimum atomic E-state index is -0.604. The first-order valence-electron chi connectivity index (χ1n) is 8.08. The molecule has 25 heavy (non-hydrogen) atoms. The summed E-state index contributed by atoms with van der Waals surface area (Å²) in [5.41, 5.74) is 6.04. The Morgan fingerprint density at radius 3 is 2.80 bits per heavy atom. The molecule has 4 nitrogen and oxygen atoms in total. The van der Waals surface area contributed by atoms with Gasteiger partial charge in [-0.15, -0.1) is 6.58 Å². The van der Waals surface area contributed by atoms with Gasteiger partial charge in [0, 0.05) is 23.4 Å². The Labute approximate surface area is 151 Å². The summed E-state index contributed by atoms with van der Waals surface area (Å²) in [4.78, 5) is 16.6. The van der Waals surface area contributed by atoms with Crippen LogP contribution in [0.4, 0.5) is 10.2 Å². The molecular formula is C19H21ClFN3O. The number of nitrogens with zero attached hydrogens (tertiary/aromatic N) is 1. The zero-order valence-corrected chi connectivity index (χ0v) is 14.8. The number of halogens is 2. The van der Waals surface area contributed by atoms with E-state index >= 15 is 4.39 Å². The SMILES string of the molecule is C=CCCNC(CC)c1ccc(Cl)c(C(=O)c2ccc(N)nc2)c1F. The molecule has 132 valence electrons. The zero-order chi connectivity index (χ0) is 18.4. The topological polar surface area (TPSA) is 68.0 Å². The van der Waals surface area contributed by atoms with Crippen LogP contribution in [0.1, 0.15) is 47.3 Å². The van der Waals surface area contributed by atoms with Gasteiger partial charge in [-0.05, 0) is 37.6 Å². The van der Waals surface area contributed by atoms with E-state index in [0.717, 1.165) is 6.42 Å². The lowest BCUT2D eigenvalue weighted by molar-refractivity contribution is 0.103. The highest BCUT2D eigenvalue weighted by Gasteiger charge is 2.24. The molecule has 0 aliphatic carbocycles. The van der Waals surface area contributed by atoms with Gasteiger partial charge < -0.3 is 11.1 Å². The zero-order valence-electron chi connectivity index (χ0n) is 14.1. The number of hydrogen-bond acceptors (Lipinski definition) is 4. The molecule has 0 fully saturated rings. The number of carbonyl (C=O) groups excluding carboxylic acids is 1. The van der Waals surface area contributed by atoms with Crippen molar-refractivity contribution in [2.45, 2.75) is 25.8 Å². The molecule has 1 atom stereocenters. The number of hydrogen-bond donors (Lipinski definition) is 2. The fourth-order valence-corrected chi connectivity index (χ4v) is 2.80. The summed E-state index contributed by atoms with van der Waals surface area (Å²) in [6, 6.07) is 5.95. The first kappa shape index (κ1) is 19.1. The predicted octanol–water partition coefficient (Wildman–Crippen LogP) is 4.30. The van der Waals surface area contributed by atoms with E-state index in [1.165, 1.54) is 18.3 Å². The molecule has 2 rings (SSSR count). The standard InChI is InChI=1S/C19H21ClFN3O/c1-3-5-10-23-15(4-2)13-7-8-14(20)17(18(13)21)19(25)12-6-9-16(22)24-11-12/h3,6-9,11,15,23H,1,4-5,10H2,2H3,(H2,22,24). The van der Waals surface area contributed by atoms with E-state index < -0.39 is 11.6 Å². The molecule has 0 aliphatic rings. The predicted molar refractivity (Wildman–Crippen MR) is 99.3 cm³/mol. The van der Waals surface area contributed by atoms with Gasteiger partial charge in [0.15, 0.2) is 5.78 Å². The second-order valence-electron chi connectivity index (χ2n) is 5.62. The summed E-state index contributed by atoms with van der Waals surface area (Å²) in [7, 11) is 0. The third-order valence-corrected chi connectivity index (χ3v) is 4.23. The maximum Gasteiger partial charge on any atom is 0.199 e. The quantitative estimate of drug-likeness (QED) is 0.418. The molecule has 2 aromatic rings. The van der Waals surface area contributed by atoms with Crippen LogP contribution in [-0.2, 0) is 0 Å². The molecule has 0 bridgehead atoms. The van der Waals surface area contributed by atoms with Gasteiger partial charge in [-0.25, -0.2) is 9.37 Å². The molecule has 0 saturated carbocycles. The van der Waals surface area contributed by atoms with Crippen molar-refractivity contribution >= 4 is 23.2 Å². The number of rotatable bonds is 8. The smallest absolute Gasteiger partial charge is 0.199 e. The van der Waals surface area contributed by atoms with E-state index in [0.29, 0.717) is 18.5 Å². The molecule has 1 aromatic heterocycles. The maximum atomic E-state index is 15.1. The Balaban J connectivity index is 2.40. The number of nitrogen functional groups attached to an aromatic ring is 1. The second kappa shape index (κ2) is 8.74. The Bertz CT molecular complexity index is 762. The van der Waals surface area contributed by atoms with Crippen LogP contribution in [0, 0.1) is 5.82 Å². The van der Waals surface area contributed by atoms with Crippen LogP contribution in [0.25, 0.3) is 0 Å². The number of nitrogens with two attached hydrogens (primary N) is 1. The number of nitrogens with one attached hydrogen (secondary N) is 1. The third kappa shape index (κ3) is 4.44. The van der Waals surface area contributed by atoms with Crippen molar-refractivity contribution in [3.63, 3.8) is 0 Å². The van der Waals surface area contributed by atoms with Crippen molar-refractivity contribution in [1.29, 1.82) is 0 Å². The first-order chi connectivity index (χ1) is 12.0. The lowest BCUT2D eigenvalue weighted by Crippen LogP contribution is -2.23. The average Bonchev–Trinajstić information content (AvgIpc) is 2.60. The van der Waals surface area contributed by atoms with Gasteiger partial charge in [-0.2, -0.15) is 0 Å². The van der Waals surface area contributed by atoms with Crippen LogP contribution >= 0.6 is 11.6 Å². The fraction of sp³-hybridized carbons (Fsp3) is 0.263. The number of ketones is 1. The van der Waals surface area contributed by atoms with E-state index in [9.17, 15) is 4.79 Å². The Morgan fingerprint density at radius 2 is 2.20 bits per heavy atom. The van der Waals surface area contributed by atoms with E-state index in [1.54, 1.807) is 18.2 Å². The highest BCUT2D eigenvalue weighted by atomic mass is 35.5. The minimum Gasteiger partial charge on any atom is -0.384 e. The monoisotopic (exact) mass is 361 g/mol. The van der Waals surface area contributed by atoms with Gasteiger partial charge in [-0.1, -0.05) is 30.7 Å². The van der Waals surface area contributed by atoms with Crippen LogP contribution in [-0.4, -0.2) is 17.3 Å². The van der Waals surface area contributed by atoms with Gasteiger partial charge in [0.05, 0.1) is 10.6 Å². The van der Waals surface area contributed by atoms with Gasteiger partial charge in [0.1, 0.15) is 11.6 Å². The second-order valence-corrected chi connectivity index (χ2v) is 6.03. The summed E-state index contributed by atoms with van der Waals surface area (Å²) < 4.78 is 15.1. The van der Waals surface area contributed by atoms with Crippen LogP contribution in [0.2, 0.25) is 5.02 Å². The summed E-state index contributed by atoms with van der Waals surface area (Å²) >= 11 is 6.11. The molecule has 1 aromatic carbocycles. The first-order valence-corrected chi connectivity index (χ1v) is 8.45. The molecule has 6 heteroatoms. The van der Waals surface area contributed by atoms with Crippen LogP contribution < -0.4 is 11.1 Å². The summed E-state index contributed by atoms with van der Waals surface area (Å²) in [5.74, 6) is -0.834. The van der Waals surface area contributed by atoms with Crippen LogP contribution in [0.15, 0.2) is 43.1 Å². The van der Waals surface area contributed by atoms with Crippen LogP contribution in [0.5, 0.6) is 0 Å². The van der Waals surface area contributed by atoms with Gasteiger partial charge in [0.25, 0.3) is 0 Å². The van der Waals surface area contributed by atoms with E-state index in [1.807, 2.05) is 6.92 Å². The summed E-state index contributed by atoms with van der Waals surface area (Å²) in [6.07, 6.45) is 4.56. The van der Waals surface area contributed by atoms with Crippen molar-refractivity contribution in [3.8, 4) is 0 Å². The lowest BCUT2D eigenvalue weighted by Gasteiger charge is -2.19. The molecular weight excluding hydrogens is 341 g/mol. The minimum absolute atomic E-state index is 0.0732. The highest BCUT2D eigenvalue weighted by Crippen LogP contribution is 2.29. The Kier molecular flexibility index (Phi) is 6.67. The van der Waals surface area contributed by atoms with Crippen molar-refractivity contribution in [1.82, 2.24) is 10.3 Å². The normalized spacial score (nSPS) is 12.0. The molecule has 0 amide bonds. The van der Waals surface area contributed by atoms with Crippen molar-refractivity contribution in [3.05, 3.63) is 70.6 Å². The molecule has 1 heterocycles. The molecule has 0 radical (unpaired) electrons. The average molecular weight is 362 g/mol. The van der Waals surface area contributed by atoms with E-state index in [-0.39, 0.29) is 28.0 Å². The van der Waals surface area contributed by atoms with Crippen LogP contribution in [0.3, 0.4) is 0 Å². The summed E-state index contributed by atoms with van der Waals surface area (Å²) in [5, 5.41) is 3.34. The lowest BCUT2D eigenvalue weighted by atomic mass is 9.96. The molecule has 0 saturated heterocycles. The largest absolute Gasteiger partial charge is 0.384 e. The van der Waals surface area contributed by atoms with Crippen molar-refractivity contribution in [2.75, 3.05) is 12.3 Å². The molecule has 0 aliphatic heterocycles. The molecule has 3 N–H and O–H groups in total. The Morgan fingerprint density at radius 1 is 1.44 bits per heavy atom. The summed E-state index contributed by atoms with van der Waals surface area (Å²) in [6.45, 7) is 6.30. The Hall–Kier alpha value is -2.24. The number of aromatic nitrogens is 1. The fourth-order valence-electron chi connectivity index (χ4n) is 2.56. The number of anilines is 1. The molecule has 1 unspecified atom stereocenters. The van der Waals surface area contributed by atoms with Gasteiger partial charge in [0.2, 0.25) is 0 Å². The number of pyridine rings is 1. The van der Waals surface area contributed by atoms with Crippen molar-refractivity contribution < 1.29 is 9.18 Å². The number of benzene rings is 1. The third-order valence-electron chi connectivity index (χ3n) is 3.92. The molecule has 0 spiro atoms. The highest BCUT2D eigenvalue weighted by molar-refractivity contribution is 6.35. The van der Waals surface area contributed by atoms with Gasteiger partial charge >= 0.3 is 0 Å². The van der Waals surface area contributed by atoms with Gasteiger partial charge in [-0.3, -0.25) is 4.79 Å². The van der Waals surface area contributed by atoms with Crippen molar-refractivity contribution in [2.24, 2.45) is 0 Å². The van der Waals surface area contributed by atoms with E-state index in [4.69, 9.17) is 17.3 Å². The van der Waals surface area contributed by atoms with E-state index in [2.05, 4.69) is 16.9 Å². The maximum absolute atomic E-state index is 15.1. The number of carbonyl (C=O) groups is 1.